The van der Waals surface area contributed by atoms with Crippen LogP contribution >= 0.6 is 0 Å². The highest BCUT2D eigenvalue weighted by atomic mass is 16.5. The molecule has 0 aromatic heterocycles. The predicted molar refractivity (Wildman–Crippen MR) is 120 cm³/mol. The second-order valence-electron chi connectivity index (χ2n) is 9.63. The molecule has 172 valence electrons. The van der Waals surface area contributed by atoms with Gasteiger partial charge in [0.1, 0.15) is 11.5 Å². The SMILES string of the molecule is COc1ccc([C@@H]2[C@@H]3CCCC[C@@]3(O)CCN2CC(=O)NC2CCCCC2)c(OC)c1. The van der Waals surface area contributed by atoms with E-state index in [-0.39, 0.29) is 17.9 Å². The molecule has 1 heterocycles. The lowest BCUT2D eigenvalue weighted by atomic mass is 9.66. The molecule has 0 spiro atoms. The maximum absolute atomic E-state index is 13.0. The van der Waals surface area contributed by atoms with Crippen LogP contribution in [0.5, 0.6) is 11.5 Å². The van der Waals surface area contributed by atoms with E-state index in [0.717, 1.165) is 62.0 Å². The monoisotopic (exact) mass is 430 g/mol. The second-order valence-corrected chi connectivity index (χ2v) is 9.63. The quantitative estimate of drug-likeness (QED) is 0.718. The molecule has 0 bridgehead atoms. The van der Waals surface area contributed by atoms with Crippen molar-refractivity contribution in [3.63, 3.8) is 0 Å². The van der Waals surface area contributed by atoms with E-state index < -0.39 is 5.60 Å². The van der Waals surface area contributed by atoms with Gasteiger partial charge in [0.15, 0.2) is 0 Å². The maximum Gasteiger partial charge on any atom is 0.234 e. The summed E-state index contributed by atoms with van der Waals surface area (Å²) in [6.07, 6.45) is 10.6. The van der Waals surface area contributed by atoms with Crippen LogP contribution in [0.1, 0.15) is 75.8 Å². The molecule has 2 N–H and O–H groups in total. The minimum atomic E-state index is -0.662. The summed E-state index contributed by atoms with van der Waals surface area (Å²) in [4.78, 5) is 15.3. The van der Waals surface area contributed by atoms with Gasteiger partial charge in [0.05, 0.1) is 26.4 Å². The summed E-state index contributed by atoms with van der Waals surface area (Å²) in [6, 6.07) is 6.18. The van der Waals surface area contributed by atoms with E-state index in [0.29, 0.717) is 19.1 Å². The fourth-order valence-electron chi connectivity index (χ4n) is 6.10. The third kappa shape index (κ3) is 4.85. The van der Waals surface area contributed by atoms with Crippen LogP contribution in [0, 0.1) is 5.92 Å². The molecule has 0 radical (unpaired) electrons. The largest absolute Gasteiger partial charge is 0.497 e. The molecule has 0 unspecified atom stereocenters. The van der Waals surface area contributed by atoms with Crippen molar-refractivity contribution < 1.29 is 19.4 Å². The number of methoxy groups -OCH3 is 2. The number of nitrogens with one attached hydrogen (secondary N) is 1. The van der Waals surface area contributed by atoms with Gasteiger partial charge in [-0.1, -0.05) is 38.2 Å². The number of nitrogens with zero attached hydrogens (tertiary/aromatic N) is 1. The number of hydrogen-bond acceptors (Lipinski definition) is 5. The van der Waals surface area contributed by atoms with Gasteiger partial charge >= 0.3 is 0 Å². The molecule has 2 saturated carbocycles. The highest BCUT2D eigenvalue weighted by molar-refractivity contribution is 5.78. The Kier molecular flexibility index (Phi) is 7.07. The summed E-state index contributed by atoms with van der Waals surface area (Å²) in [6.45, 7) is 1.08. The van der Waals surface area contributed by atoms with Crippen molar-refractivity contribution in [2.45, 2.75) is 81.9 Å². The zero-order chi connectivity index (χ0) is 21.8. The molecule has 3 atom stereocenters. The Morgan fingerprint density at radius 1 is 1.10 bits per heavy atom. The number of piperidine rings is 1. The zero-order valence-corrected chi connectivity index (χ0v) is 19.1. The van der Waals surface area contributed by atoms with E-state index >= 15 is 0 Å². The van der Waals surface area contributed by atoms with Gasteiger partial charge in [-0.3, -0.25) is 9.69 Å². The Morgan fingerprint density at radius 3 is 2.61 bits per heavy atom. The second kappa shape index (κ2) is 9.78. The summed E-state index contributed by atoms with van der Waals surface area (Å²) in [5.41, 5.74) is 0.378. The topological polar surface area (TPSA) is 71.0 Å². The molecule has 6 heteroatoms. The van der Waals surface area contributed by atoms with E-state index in [9.17, 15) is 9.90 Å². The third-order valence-electron chi connectivity index (χ3n) is 7.75. The Morgan fingerprint density at radius 2 is 1.87 bits per heavy atom. The summed E-state index contributed by atoms with van der Waals surface area (Å²) in [7, 11) is 3.32. The lowest BCUT2D eigenvalue weighted by Gasteiger charge is -2.52. The van der Waals surface area contributed by atoms with Gasteiger partial charge in [0.25, 0.3) is 0 Å². The molecule has 1 aromatic rings. The molecule has 1 aromatic carbocycles. The maximum atomic E-state index is 13.0. The van der Waals surface area contributed by atoms with Gasteiger partial charge in [-0.05, 0) is 38.2 Å². The Balaban J connectivity index is 1.60. The number of likely N-dealkylation sites (tertiary alicyclic amines) is 1. The van der Waals surface area contributed by atoms with Crippen LogP contribution in [0.4, 0.5) is 0 Å². The van der Waals surface area contributed by atoms with Gasteiger partial charge in [-0.25, -0.2) is 0 Å². The van der Waals surface area contributed by atoms with Gasteiger partial charge < -0.3 is 19.9 Å². The van der Waals surface area contributed by atoms with Crippen LogP contribution in [0.2, 0.25) is 0 Å². The van der Waals surface area contributed by atoms with Gasteiger partial charge in [0.2, 0.25) is 5.91 Å². The fraction of sp³-hybridized carbons (Fsp3) is 0.720. The van der Waals surface area contributed by atoms with Crippen molar-refractivity contribution in [1.82, 2.24) is 10.2 Å². The normalized spacial score (nSPS) is 29.8. The number of aliphatic hydroxyl groups is 1. The molecule has 31 heavy (non-hydrogen) atoms. The van der Waals surface area contributed by atoms with Crippen LogP contribution in [0.3, 0.4) is 0 Å². The number of rotatable bonds is 6. The van der Waals surface area contributed by atoms with Crippen LogP contribution in [0.15, 0.2) is 18.2 Å². The van der Waals surface area contributed by atoms with Crippen LogP contribution in [0.25, 0.3) is 0 Å². The minimum absolute atomic E-state index is 0.0444. The number of amides is 1. The van der Waals surface area contributed by atoms with Gasteiger partial charge in [-0.15, -0.1) is 0 Å². The summed E-state index contributed by atoms with van der Waals surface area (Å²) in [5, 5.41) is 14.8. The van der Waals surface area contributed by atoms with Crippen molar-refractivity contribution in [1.29, 1.82) is 0 Å². The van der Waals surface area contributed by atoms with Crippen LogP contribution < -0.4 is 14.8 Å². The van der Waals surface area contributed by atoms with E-state index in [1.54, 1.807) is 14.2 Å². The molecule has 3 aliphatic rings. The summed E-state index contributed by atoms with van der Waals surface area (Å²) in [5.74, 6) is 1.71. The average molecular weight is 431 g/mol. The van der Waals surface area contributed by atoms with Crippen LogP contribution in [-0.2, 0) is 4.79 Å². The number of carbonyl (C=O) groups excluding carboxylic acids is 1. The lowest BCUT2D eigenvalue weighted by Crippen LogP contribution is -2.56. The number of hydrogen-bond donors (Lipinski definition) is 2. The van der Waals surface area contributed by atoms with Crippen molar-refractivity contribution >= 4 is 5.91 Å². The smallest absolute Gasteiger partial charge is 0.234 e. The summed E-state index contributed by atoms with van der Waals surface area (Å²) < 4.78 is 11.1. The standard InChI is InChI=1S/C25H38N2O4/c1-30-19-11-12-20(22(16-19)31-2)24-21-10-6-7-13-25(21,29)14-15-27(24)17-23(28)26-18-8-4-3-5-9-18/h11-12,16,18,21,24,29H,3-10,13-15,17H2,1-2H3,(H,26,28)/t21-,24+,25+/m0/s1. The number of fused-ring (bicyclic) bond motifs is 1. The Hall–Kier alpha value is -1.79. The molecule has 1 saturated heterocycles. The first-order chi connectivity index (χ1) is 15.0. The highest BCUT2D eigenvalue weighted by Gasteiger charge is 2.49. The third-order valence-corrected chi connectivity index (χ3v) is 7.75. The molecule has 6 nitrogen and oxygen atoms in total. The van der Waals surface area contributed by atoms with E-state index in [1.807, 2.05) is 12.1 Å². The molecule has 1 amide bonds. The Labute approximate surface area is 186 Å². The first-order valence-corrected chi connectivity index (χ1v) is 12.0. The van der Waals surface area contributed by atoms with E-state index in [2.05, 4.69) is 16.3 Å². The van der Waals surface area contributed by atoms with E-state index in [1.165, 1.54) is 19.3 Å². The number of ether oxygens (including phenoxy) is 2. The van der Waals surface area contributed by atoms with Gasteiger partial charge in [-0.2, -0.15) is 0 Å². The number of benzene rings is 1. The van der Waals surface area contributed by atoms with Crippen LogP contribution in [-0.4, -0.2) is 54.9 Å². The molecule has 2 aliphatic carbocycles. The molecular formula is C25H38N2O4. The molecular weight excluding hydrogens is 392 g/mol. The first-order valence-electron chi connectivity index (χ1n) is 12.0. The number of carbonyl (C=O) groups is 1. The van der Waals surface area contributed by atoms with Gasteiger partial charge in [0, 0.05) is 36.2 Å². The van der Waals surface area contributed by atoms with Crippen molar-refractivity contribution in [3.05, 3.63) is 23.8 Å². The molecule has 1 aliphatic heterocycles. The fourth-order valence-corrected chi connectivity index (χ4v) is 6.10. The summed E-state index contributed by atoms with van der Waals surface area (Å²) >= 11 is 0. The lowest BCUT2D eigenvalue weighted by molar-refractivity contribution is -0.138. The molecule has 3 fully saturated rings. The first kappa shape index (κ1) is 22.4. The Bertz CT molecular complexity index is 764. The van der Waals surface area contributed by atoms with E-state index in [4.69, 9.17) is 9.47 Å². The van der Waals surface area contributed by atoms with Crippen molar-refractivity contribution in [2.24, 2.45) is 5.92 Å². The average Bonchev–Trinajstić information content (AvgIpc) is 2.79. The minimum Gasteiger partial charge on any atom is -0.497 e. The highest BCUT2D eigenvalue weighted by Crippen LogP contribution is 2.51. The van der Waals surface area contributed by atoms with Crippen molar-refractivity contribution in [2.75, 3.05) is 27.3 Å². The predicted octanol–water partition coefficient (Wildman–Crippen LogP) is 3.82. The molecule has 4 rings (SSSR count). The zero-order valence-electron chi connectivity index (χ0n) is 19.1. The van der Waals surface area contributed by atoms with Crippen molar-refractivity contribution in [3.8, 4) is 11.5 Å².